The van der Waals surface area contributed by atoms with E-state index < -0.39 is 0 Å². The summed E-state index contributed by atoms with van der Waals surface area (Å²) in [4.78, 5) is 19.7. The van der Waals surface area contributed by atoms with E-state index in [1.807, 2.05) is 25.1 Å². The Morgan fingerprint density at radius 1 is 1.24 bits per heavy atom. The number of nitrogens with one attached hydrogen (secondary N) is 1. The van der Waals surface area contributed by atoms with Gasteiger partial charge in [0.15, 0.2) is 0 Å². The molecule has 2 aromatic heterocycles. The number of carbonyl (C=O) groups excluding carboxylic acids is 1. The summed E-state index contributed by atoms with van der Waals surface area (Å²) in [6.45, 7) is 1.89. The second-order valence-electron chi connectivity index (χ2n) is 3.77. The van der Waals surface area contributed by atoms with Crippen LogP contribution < -0.4 is 5.32 Å². The molecule has 0 aliphatic carbocycles. The lowest BCUT2D eigenvalue weighted by Crippen LogP contribution is -2.14. The van der Waals surface area contributed by atoms with Crippen molar-refractivity contribution in [1.82, 2.24) is 9.97 Å². The van der Waals surface area contributed by atoms with Gasteiger partial charge in [0.05, 0.1) is 6.42 Å². The first-order chi connectivity index (χ1) is 8.24. The third-order valence-electron chi connectivity index (χ3n) is 2.29. The molecule has 0 bridgehead atoms. The third kappa shape index (κ3) is 3.38. The number of amides is 1. The van der Waals surface area contributed by atoms with E-state index in [2.05, 4.69) is 15.3 Å². The Labute approximate surface area is 99.7 Å². The van der Waals surface area contributed by atoms with Gasteiger partial charge in [-0.2, -0.15) is 0 Å². The van der Waals surface area contributed by atoms with Gasteiger partial charge < -0.3 is 5.32 Å². The number of aromatic nitrogens is 2. The molecule has 0 saturated carbocycles. The first-order valence-electron chi connectivity index (χ1n) is 5.35. The molecular formula is C13H13N3O. The topological polar surface area (TPSA) is 54.9 Å². The van der Waals surface area contributed by atoms with Gasteiger partial charge in [0.2, 0.25) is 5.91 Å². The maximum Gasteiger partial charge on any atom is 0.228 e. The highest BCUT2D eigenvalue weighted by atomic mass is 16.1. The van der Waals surface area contributed by atoms with Crippen LogP contribution in [0.1, 0.15) is 11.3 Å². The smallest absolute Gasteiger partial charge is 0.228 e. The van der Waals surface area contributed by atoms with Crippen molar-refractivity contribution in [1.29, 1.82) is 0 Å². The summed E-state index contributed by atoms with van der Waals surface area (Å²) in [6.07, 6.45) is 5.39. The molecule has 0 spiro atoms. The van der Waals surface area contributed by atoms with E-state index >= 15 is 0 Å². The van der Waals surface area contributed by atoms with Crippen molar-refractivity contribution in [2.24, 2.45) is 0 Å². The molecule has 17 heavy (non-hydrogen) atoms. The monoisotopic (exact) mass is 227 g/mol. The Balaban J connectivity index is 1.98. The molecule has 1 N–H and O–H groups in total. The van der Waals surface area contributed by atoms with Gasteiger partial charge in [-0.05, 0) is 36.8 Å². The van der Waals surface area contributed by atoms with Crippen molar-refractivity contribution in [3.8, 4) is 0 Å². The largest absolute Gasteiger partial charge is 0.326 e. The zero-order valence-electron chi connectivity index (χ0n) is 9.55. The van der Waals surface area contributed by atoms with Crippen LogP contribution in [-0.4, -0.2) is 15.9 Å². The lowest BCUT2D eigenvalue weighted by Gasteiger charge is -2.05. The number of aryl methyl sites for hydroxylation is 1. The highest BCUT2D eigenvalue weighted by molar-refractivity contribution is 5.92. The molecule has 0 fully saturated rings. The Morgan fingerprint density at radius 3 is 2.71 bits per heavy atom. The van der Waals surface area contributed by atoms with E-state index in [0.29, 0.717) is 6.42 Å². The van der Waals surface area contributed by atoms with Crippen molar-refractivity contribution >= 4 is 11.6 Å². The highest BCUT2D eigenvalue weighted by Crippen LogP contribution is 2.08. The minimum Gasteiger partial charge on any atom is -0.326 e. The molecule has 4 heteroatoms. The van der Waals surface area contributed by atoms with Gasteiger partial charge in [0.25, 0.3) is 0 Å². The number of rotatable bonds is 3. The average Bonchev–Trinajstić information content (AvgIpc) is 2.30. The van der Waals surface area contributed by atoms with Crippen molar-refractivity contribution in [3.05, 3.63) is 54.1 Å². The lowest BCUT2D eigenvalue weighted by molar-refractivity contribution is -0.115. The van der Waals surface area contributed by atoms with Gasteiger partial charge in [-0.1, -0.05) is 0 Å². The van der Waals surface area contributed by atoms with Crippen LogP contribution in [0.4, 0.5) is 5.69 Å². The summed E-state index contributed by atoms with van der Waals surface area (Å²) in [7, 11) is 0. The molecular weight excluding hydrogens is 214 g/mol. The van der Waals surface area contributed by atoms with Gasteiger partial charge in [-0.25, -0.2) is 0 Å². The molecule has 0 unspecified atom stereocenters. The van der Waals surface area contributed by atoms with E-state index in [1.54, 1.807) is 24.7 Å². The minimum absolute atomic E-state index is 0.0400. The van der Waals surface area contributed by atoms with Crippen molar-refractivity contribution < 1.29 is 4.79 Å². The number of hydrogen-bond acceptors (Lipinski definition) is 3. The van der Waals surface area contributed by atoms with Crippen LogP contribution in [0.25, 0.3) is 0 Å². The summed E-state index contributed by atoms with van der Waals surface area (Å²) in [5.74, 6) is -0.0400. The third-order valence-corrected chi connectivity index (χ3v) is 2.29. The van der Waals surface area contributed by atoms with Crippen LogP contribution in [0.5, 0.6) is 0 Å². The Hall–Kier alpha value is -2.23. The SMILES string of the molecule is Cc1cc(NC(=O)Cc2ccncc2)ccn1. The first kappa shape index (κ1) is 11.3. The summed E-state index contributed by atoms with van der Waals surface area (Å²) in [6, 6.07) is 7.27. The minimum atomic E-state index is -0.0400. The summed E-state index contributed by atoms with van der Waals surface area (Å²) in [5, 5.41) is 2.83. The van der Waals surface area contributed by atoms with Gasteiger partial charge in [0, 0.05) is 30.0 Å². The predicted octanol–water partition coefficient (Wildman–Crippen LogP) is 1.97. The quantitative estimate of drug-likeness (QED) is 0.872. The predicted molar refractivity (Wildman–Crippen MR) is 65.5 cm³/mol. The number of carbonyl (C=O) groups is 1. The molecule has 2 rings (SSSR count). The van der Waals surface area contributed by atoms with Gasteiger partial charge in [-0.15, -0.1) is 0 Å². The summed E-state index contributed by atoms with van der Waals surface area (Å²) < 4.78 is 0. The average molecular weight is 227 g/mol. The molecule has 4 nitrogen and oxygen atoms in total. The second-order valence-corrected chi connectivity index (χ2v) is 3.77. The molecule has 0 radical (unpaired) electrons. The Morgan fingerprint density at radius 2 is 2.00 bits per heavy atom. The zero-order chi connectivity index (χ0) is 12.1. The molecule has 0 aromatic carbocycles. The van der Waals surface area contributed by atoms with Crippen molar-refractivity contribution in [3.63, 3.8) is 0 Å². The number of hydrogen-bond donors (Lipinski definition) is 1. The number of pyridine rings is 2. The molecule has 0 atom stereocenters. The first-order valence-corrected chi connectivity index (χ1v) is 5.35. The van der Waals surface area contributed by atoms with Gasteiger partial charge in [0.1, 0.15) is 0 Å². The fourth-order valence-electron chi connectivity index (χ4n) is 1.51. The van der Waals surface area contributed by atoms with Crippen molar-refractivity contribution in [2.45, 2.75) is 13.3 Å². The standard InChI is InChI=1S/C13H13N3O/c1-10-8-12(4-7-15-10)16-13(17)9-11-2-5-14-6-3-11/h2-8H,9H2,1H3,(H,15,16,17). The molecule has 0 saturated heterocycles. The van der Waals surface area contributed by atoms with Gasteiger partial charge in [-0.3, -0.25) is 14.8 Å². The van der Waals surface area contributed by atoms with Crippen molar-refractivity contribution in [2.75, 3.05) is 5.32 Å². The normalized spacial score (nSPS) is 9.94. The van der Waals surface area contributed by atoms with Crippen LogP contribution in [0.2, 0.25) is 0 Å². The number of anilines is 1. The fraction of sp³-hybridized carbons (Fsp3) is 0.154. The highest BCUT2D eigenvalue weighted by Gasteiger charge is 2.03. The van der Waals surface area contributed by atoms with E-state index in [1.165, 1.54) is 0 Å². The fourth-order valence-corrected chi connectivity index (χ4v) is 1.51. The molecule has 2 heterocycles. The second kappa shape index (κ2) is 5.21. The van der Waals surface area contributed by atoms with Crippen LogP contribution >= 0.6 is 0 Å². The molecule has 86 valence electrons. The Bertz CT molecular complexity index is 511. The number of nitrogens with zero attached hydrogens (tertiary/aromatic N) is 2. The van der Waals surface area contributed by atoms with Crippen LogP contribution in [0, 0.1) is 6.92 Å². The summed E-state index contributed by atoms with van der Waals surface area (Å²) >= 11 is 0. The molecule has 0 aliphatic rings. The van der Waals surface area contributed by atoms with Crippen LogP contribution in [0.15, 0.2) is 42.9 Å². The van der Waals surface area contributed by atoms with E-state index in [0.717, 1.165) is 16.9 Å². The molecule has 1 amide bonds. The lowest BCUT2D eigenvalue weighted by atomic mass is 10.2. The van der Waals surface area contributed by atoms with E-state index in [4.69, 9.17) is 0 Å². The van der Waals surface area contributed by atoms with Crippen LogP contribution in [0.3, 0.4) is 0 Å². The van der Waals surface area contributed by atoms with E-state index in [9.17, 15) is 4.79 Å². The Kier molecular flexibility index (Phi) is 3.45. The van der Waals surface area contributed by atoms with Gasteiger partial charge >= 0.3 is 0 Å². The van der Waals surface area contributed by atoms with E-state index in [-0.39, 0.29) is 5.91 Å². The van der Waals surface area contributed by atoms with Crippen LogP contribution in [-0.2, 0) is 11.2 Å². The zero-order valence-corrected chi connectivity index (χ0v) is 9.55. The summed E-state index contributed by atoms with van der Waals surface area (Å²) in [5.41, 5.74) is 2.60. The molecule has 2 aromatic rings. The maximum atomic E-state index is 11.7. The maximum absolute atomic E-state index is 11.7. The molecule has 0 aliphatic heterocycles.